The number of aliphatic hydroxyl groups excluding tert-OH is 1. The Bertz CT molecular complexity index is 549. The number of ether oxygens (including phenoxy) is 1. The monoisotopic (exact) mass is 318 g/mol. The van der Waals surface area contributed by atoms with Crippen LogP contribution in [0.5, 0.6) is 5.75 Å². The van der Waals surface area contributed by atoms with Gasteiger partial charge in [-0.2, -0.15) is 0 Å². The van der Waals surface area contributed by atoms with E-state index in [9.17, 15) is 9.90 Å². The second kappa shape index (κ2) is 7.32. The number of β-amino-alcohol motifs (C(OH)–C–C–N with tert-alkyl or cyclic N) is 1. The second-order valence-corrected chi connectivity index (χ2v) is 6.53. The molecule has 5 nitrogen and oxygen atoms in total. The van der Waals surface area contributed by atoms with Crippen LogP contribution in [-0.4, -0.2) is 60.2 Å². The van der Waals surface area contributed by atoms with E-state index < -0.39 is 6.10 Å². The Hall–Kier alpha value is -1.59. The van der Waals surface area contributed by atoms with Crippen LogP contribution in [0, 0.1) is 0 Å². The molecule has 2 unspecified atom stereocenters. The molecule has 126 valence electrons. The van der Waals surface area contributed by atoms with Crippen molar-refractivity contribution in [2.75, 3.05) is 33.3 Å². The van der Waals surface area contributed by atoms with Crippen LogP contribution in [0.15, 0.2) is 24.3 Å². The van der Waals surface area contributed by atoms with Crippen molar-refractivity contribution in [3.63, 3.8) is 0 Å². The number of nitrogens with zero attached hydrogens (tertiary/aromatic N) is 2. The minimum absolute atomic E-state index is 0.176. The summed E-state index contributed by atoms with van der Waals surface area (Å²) < 4.78 is 5.32. The van der Waals surface area contributed by atoms with Crippen molar-refractivity contribution in [3.05, 3.63) is 29.8 Å². The van der Waals surface area contributed by atoms with Crippen LogP contribution in [0.4, 0.5) is 0 Å². The predicted molar refractivity (Wildman–Crippen MR) is 88.4 cm³/mol. The zero-order valence-corrected chi connectivity index (χ0v) is 13.8. The number of likely N-dealkylation sites (tertiary alicyclic amines) is 2. The summed E-state index contributed by atoms with van der Waals surface area (Å²) in [5.74, 6) is 1.05. The van der Waals surface area contributed by atoms with Crippen molar-refractivity contribution < 1.29 is 14.6 Å². The Kier molecular flexibility index (Phi) is 5.18. The lowest BCUT2D eigenvalue weighted by atomic mass is 10.0. The Balaban J connectivity index is 1.61. The summed E-state index contributed by atoms with van der Waals surface area (Å²) in [6.45, 7) is 2.86. The molecule has 2 aliphatic heterocycles. The van der Waals surface area contributed by atoms with Gasteiger partial charge in [0.25, 0.3) is 0 Å². The minimum Gasteiger partial charge on any atom is -0.497 e. The number of amides is 1. The SMILES string of the molecule is COc1cccc(C2CCCN2CC(O)CN2CCCC2=O)c1. The molecule has 2 fully saturated rings. The van der Waals surface area contributed by atoms with Crippen molar-refractivity contribution in [3.8, 4) is 5.75 Å². The molecule has 0 bridgehead atoms. The van der Waals surface area contributed by atoms with Gasteiger partial charge in [0.15, 0.2) is 0 Å². The first kappa shape index (κ1) is 16.3. The second-order valence-electron chi connectivity index (χ2n) is 6.53. The quantitative estimate of drug-likeness (QED) is 0.869. The van der Waals surface area contributed by atoms with Gasteiger partial charge in [-0.25, -0.2) is 0 Å². The van der Waals surface area contributed by atoms with E-state index in [1.54, 1.807) is 12.0 Å². The van der Waals surface area contributed by atoms with E-state index in [0.29, 0.717) is 25.6 Å². The molecule has 0 aliphatic carbocycles. The number of hydrogen-bond donors (Lipinski definition) is 1. The van der Waals surface area contributed by atoms with E-state index in [4.69, 9.17) is 4.74 Å². The van der Waals surface area contributed by atoms with Crippen molar-refractivity contribution >= 4 is 5.91 Å². The van der Waals surface area contributed by atoms with Gasteiger partial charge in [0.05, 0.1) is 13.2 Å². The zero-order valence-electron chi connectivity index (χ0n) is 13.8. The largest absolute Gasteiger partial charge is 0.497 e. The molecule has 23 heavy (non-hydrogen) atoms. The van der Waals surface area contributed by atoms with Crippen molar-refractivity contribution in [2.24, 2.45) is 0 Å². The topological polar surface area (TPSA) is 53.0 Å². The van der Waals surface area contributed by atoms with Crippen molar-refractivity contribution in [1.29, 1.82) is 0 Å². The maximum Gasteiger partial charge on any atom is 0.222 e. The fraction of sp³-hybridized carbons (Fsp3) is 0.611. The lowest BCUT2D eigenvalue weighted by Gasteiger charge is -2.29. The number of rotatable bonds is 6. The summed E-state index contributed by atoms with van der Waals surface area (Å²) in [5, 5.41) is 10.4. The van der Waals surface area contributed by atoms with E-state index in [1.807, 2.05) is 12.1 Å². The molecular weight excluding hydrogens is 292 g/mol. The first-order valence-electron chi connectivity index (χ1n) is 8.51. The van der Waals surface area contributed by atoms with E-state index in [0.717, 1.165) is 38.1 Å². The maximum absolute atomic E-state index is 11.7. The number of carbonyl (C=O) groups is 1. The van der Waals surface area contributed by atoms with Gasteiger partial charge < -0.3 is 14.7 Å². The molecule has 2 atom stereocenters. The van der Waals surface area contributed by atoms with Gasteiger partial charge in [-0.15, -0.1) is 0 Å². The van der Waals surface area contributed by atoms with Crippen LogP contribution < -0.4 is 4.74 Å². The lowest BCUT2D eigenvalue weighted by Crippen LogP contribution is -2.40. The Morgan fingerprint density at radius 2 is 2.17 bits per heavy atom. The van der Waals surface area contributed by atoms with E-state index in [-0.39, 0.29) is 5.91 Å². The molecule has 1 aromatic carbocycles. The molecule has 2 aliphatic rings. The number of carbonyl (C=O) groups excluding carboxylic acids is 1. The third kappa shape index (κ3) is 3.85. The van der Waals surface area contributed by atoms with Gasteiger partial charge in [0.1, 0.15) is 5.75 Å². The maximum atomic E-state index is 11.7. The van der Waals surface area contributed by atoms with Crippen LogP contribution in [0.25, 0.3) is 0 Å². The van der Waals surface area contributed by atoms with Crippen LogP contribution in [0.2, 0.25) is 0 Å². The third-order valence-corrected chi connectivity index (χ3v) is 4.89. The lowest BCUT2D eigenvalue weighted by molar-refractivity contribution is -0.129. The smallest absolute Gasteiger partial charge is 0.222 e. The number of methoxy groups -OCH3 is 1. The minimum atomic E-state index is -0.483. The first-order chi connectivity index (χ1) is 11.2. The Morgan fingerprint density at radius 1 is 1.30 bits per heavy atom. The highest BCUT2D eigenvalue weighted by Gasteiger charge is 2.29. The number of benzene rings is 1. The molecule has 3 rings (SSSR count). The molecule has 0 radical (unpaired) electrons. The molecule has 0 aromatic heterocycles. The van der Waals surface area contributed by atoms with Crippen LogP contribution in [0.1, 0.15) is 37.3 Å². The number of aliphatic hydroxyl groups is 1. The fourth-order valence-corrected chi connectivity index (χ4v) is 3.75. The first-order valence-corrected chi connectivity index (χ1v) is 8.51. The van der Waals surface area contributed by atoms with E-state index in [2.05, 4.69) is 17.0 Å². The summed E-state index contributed by atoms with van der Waals surface area (Å²) in [5.41, 5.74) is 1.24. The average molecular weight is 318 g/mol. The predicted octanol–water partition coefficient (Wildman–Crippen LogP) is 1.82. The zero-order chi connectivity index (χ0) is 16.2. The third-order valence-electron chi connectivity index (χ3n) is 4.89. The summed E-state index contributed by atoms with van der Waals surface area (Å²) in [6, 6.07) is 8.51. The Labute approximate surface area is 137 Å². The van der Waals surface area contributed by atoms with Crippen molar-refractivity contribution in [2.45, 2.75) is 37.8 Å². The molecule has 2 heterocycles. The molecule has 2 saturated heterocycles. The normalized spacial score (nSPS) is 23.5. The van der Waals surface area contributed by atoms with Crippen molar-refractivity contribution in [1.82, 2.24) is 9.80 Å². The molecule has 0 saturated carbocycles. The summed E-state index contributed by atoms with van der Waals surface area (Å²) in [6.07, 6.45) is 3.30. The van der Waals surface area contributed by atoms with Gasteiger partial charge in [-0.3, -0.25) is 9.69 Å². The summed E-state index contributed by atoms with van der Waals surface area (Å²) >= 11 is 0. The van der Waals surface area contributed by atoms with Gasteiger partial charge in [0.2, 0.25) is 5.91 Å². The average Bonchev–Trinajstić information content (AvgIpc) is 3.17. The van der Waals surface area contributed by atoms with Crippen LogP contribution >= 0.6 is 0 Å². The summed E-state index contributed by atoms with van der Waals surface area (Å²) in [4.78, 5) is 15.8. The summed E-state index contributed by atoms with van der Waals surface area (Å²) in [7, 11) is 1.68. The van der Waals surface area contributed by atoms with E-state index in [1.165, 1.54) is 5.56 Å². The van der Waals surface area contributed by atoms with Gasteiger partial charge in [-0.05, 0) is 43.5 Å². The molecule has 1 amide bonds. The molecule has 1 aromatic rings. The highest BCUT2D eigenvalue weighted by molar-refractivity contribution is 5.78. The highest BCUT2D eigenvalue weighted by atomic mass is 16.5. The fourth-order valence-electron chi connectivity index (χ4n) is 3.75. The van der Waals surface area contributed by atoms with Crippen LogP contribution in [-0.2, 0) is 4.79 Å². The number of hydrogen-bond acceptors (Lipinski definition) is 4. The van der Waals surface area contributed by atoms with Gasteiger partial charge >= 0.3 is 0 Å². The van der Waals surface area contributed by atoms with Crippen LogP contribution in [0.3, 0.4) is 0 Å². The Morgan fingerprint density at radius 3 is 2.91 bits per heavy atom. The molecule has 1 N–H and O–H groups in total. The van der Waals surface area contributed by atoms with E-state index >= 15 is 0 Å². The molecular formula is C18H26N2O3. The standard InChI is InChI=1S/C18H26N2O3/c1-23-16-6-2-5-14(11-16)17-7-3-9-19(17)12-15(21)13-20-10-4-8-18(20)22/h2,5-6,11,15,17,21H,3-4,7-10,12-13H2,1H3. The highest BCUT2D eigenvalue weighted by Crippen LogP contribution is 2.33. The van der Waals surface area contributed by atoms with Gasteiger partial charge in [0, 0.05) is 32.1 Å². The van der Waals surface area contributed by atoms with Gasteiger partial charge in [-0.1, -0.05) is 12.1 Å². The molecule has 0 spiro atoms. The molecule has 5 heteroatoms.